The molecule has 0 aliphatic carbocycles. The molecule has 0 aliphatic heterocycles. The largest absolute Gasteiger partial charge is 0.461 e. The molecule has 2 aromatic heterocycles. The molecular weight excluding hydrogens is 268 g/mol. The minimum atomic E-state index is -0.304. The number of thiazole rings is 1. The number of hydrogen-bond acceptors (Lipinski definition) is 6. The van der Waals surface area contributed by atoms with E-state index in [4.69, 9.17) is 10.5 Å². The number of aryl methyl sites for hydroxylation is 1. The molecule has 0 atom stereocenters. The second-order valence-electron chi connectivity index (χ2n) is 3.69. The van der Waals surface area contributed by atoms with Crippen molar-refractivity contribution in [3.05, 3.63) is 38.0 Å². The monoisotopic (exact) mass is 282 g/mol. The van der Waals surface area contributed by atoms with Gasteiger partial charge in [-0.05, 0) is 18.4 Å². The Bertz CT molecular complexity index is 520. The van der Waals surface area contributed by atoms with E-state index in [1.165, 1.54) is 16.2 Å². The summed E-state index contributed by atoms with van der Waals surface area (Å²) in [4.78, 5) is 17.8. The number of hydrogen-bond donors (Lipinski definition) is 1. The lowest BCUT2D eigenvalue weighted by atomic mass is 10.3. The number of rotatable bonds is 5. The highest BCUT2D eigenvalue weighted by atomic mass is 32.1. The number of nitrogens with two attached hydrogens (primary N) is 1. The minimum absolute atomic E-state index is 0.304. The summed E-state index contributed by atoms with van der Waals surface area (Å²) in [6, 6.07) is 4.02. The molecular formula is C12H14N2O2S2. The van der Waals surface area contributed by atoms with Gasteiger partial charge >= 0.3 is 5.97 Å². The summed E-state index contributed by atoms with van der Waals surface area (Å²) < 4.78 is 5.24. The normalized spacial score (nSPS) is 10.6. The molecule has 0 spiro atoms. The SMILES string of the molecule is Cc1nc(CN)sc1C(=O)OCCc1cccs1. The van der Waals surface area contributed by atoms with Crippen molar-refractivity contribution in [3.63, 3.8) is 0 Å². The first kappa shape index (κ1) is 13.2. The van der Waals surface area contributed by atoms with E-state index < -0.39 is 0 Å². The molecule has 2 aromatic rings. The predicted octanol–water partition coefficient (Wildman–Crippen LogP) is 2.37. The van der Waals surface area contributed by atoms with Crippen LogP contribution >= 0.6 is 22.7 Å². The van der Waals surface area contributed by atoms with E-state index in [1.54, 1.807) is 18.3 Å². The molecule has 2 rings (SSSR count). The second kappa shape index (κ2) is 6.08. The van der Waals surface area contributed by atoms with Gasteiger partial charge in [0.25, 0.3) is 0 Å². The highest BCUT2D eigenvalue weighted by molar-refractivity contribution is 7.13. The average Bonchev–Trinajstić information content (AvgIpc) is 2.98. The second-order valence-corrected chi connectivity index (χ2v) is 5.81. The van der Waals surface area contributed by atoms with Crippen LogP contribution in [0.5, 0.6) is 0 Å². The molecule has 6 heteroatoms. The van der Waals surface area contributed by atoms with Crippen molar-refractivity contribution >= 4 is 28.6 Å². The number of esters is 1. The van der Waals surface area contributed by atoms with Crippen molar-refractivity contribution in [2.75, 3.05) is 6.61 Å². The molecule has 2 heterocycles. The van der Waals surface area contributed by atoms with Crippen LogP contribution in [0.15, 0.2) is 17.5 Å². The lowest BCUT2D eigenvalue weighted by Crippen LogP contribution is -2.07. The fourth-order valence-electron chi connectivity index (χ4n) is 1.49. The van der Waals surface area contributed by atoms with Crippen LogP contribution in [0, 0.1) is 6.92 Å². The van der Waals surface area contributed by atoms with Crippen molar-refractivity contribution in [3.8, 4) is 0 Å². The van der Waals surface area contributed by atoms with Crippen LogP contribution in [-0.4, -0.2) is 17.6 Å². The summed E-state index contributed by atoms with van der Waals surface area (Å²) in [7, 11) is 0. The Kier molecular flexibility index (Phi) is 4.46. The summed E-state index contributed by atoms with van der Waals surface area (Å²) in [6.07, 6.45) is 0.755. The van der Waals surface area contributed by atoms with Crippen LogP contribution in [0.1, 0.15) is 25.3 Å². The van der Waals surface area contributed by atoms with Crippen molar-refractivity contribution in [2.45, 2.75) is 19.9 Å². The quantitative estimate of drug-likeness (QED) is 0.855. The third kappa shape index (κ3) is 3.16. The van der Waals surface area contributed by atoms with Crippen LogP contribution < -0.4 is 5.73 Å². The van der Waals surface area contributed by atoms with Crippen molar-refractivity contribution in [1.29, 1.82) is 0 Å². The van der Waals surface area contributed by atoms with Crippen LogP contribution in [0.3, 0.4) is 0 Å². The van der Waals surface area contributed by atoms with E-state index in [0.29, 0.717) is 23.7 Å². The third-order valence-electron chi connectivity index (χ3n) is 2.36. The lowest BCUT2D eigenvalue weighted by molar-refractivity contribution is 0.0514. The van der Waals surface area contributed by atoms with Crippen LogP contribution in [0.25, 0.3) is 0 Å². The molecule has 18 heavy (non-hydrogen) atoms. The van der Waals surface area contributed by atoms with Gasteiger partial charge in [-0.3, -0.25) is 0 Å². The number of carbonyl (C=O) groups is 1. The maximum Gasteiger partial charge on any atom is 0.350 e. The maximum atomic E-state index is 11.8. The maximum absolute atomic E-state index is 11.8. The molecule has 0 saturated carbocycles. The molecule has 2 N–H and O–H groups in total. The fraction of sp³-hybridized carbons (Fsp3) is 0.333. The van der Waals surface area contributed by atoms with Gasteiger partial charge in [0.05, 0.1) is 12.3 Å². The predicted molar refractivity (Wildman–Crippen MR) is 73.0 cm³/mol. The van der Waals surface area contributed by atoms with E-state index in [9.17, 15) is 4.79 Å². The Morgan fingerprint density at radius 1 is 1.56 bits per heavy atom. The molecule has 0 unspecified atom stereocenters. The van der Waals surface area contributed by atoms with Gasteiger partial charge < -0.3 is 10.5 Å². The lowest BCUT2D eigenvalue weighted by Gasteiger charge is -2.02. The van der Waals surface area contributed by atoms with Gasteiger partial charge in [0.1, 0.15) is 9.88 Å². The number of aromatic nitrogens is 1. The zero-order valence-corrected chi connectivity index (χ0v) is 11.6. The Morgan fingerprint density at radius 2 is 2.39 bits per heavy atom. The smallest absolute Gasteiger partial charge is 0.350 e. The molecule has 4 nitrogen and oxygen atoms in total. The van der Waals surface area contributed by atoms with Gasteiger partial charge in [-0.15, -0.1) is 22.7 Å². The van der Waals surface area contributed by atoms with Crippen molar-refractivity contribution in [2.24, 2.45) is 5.73 Å². The molecule has 0 saturated heterocycles. The van der Waals surface area contributed by atoms with Gasteiger partial charge in [-0.25, -0.2) is 9.78 Å². The Labute approximate surface area is 113 Å². The van der Waals surface area contributed by atoms with Crippen LogP contribution in [0.2, 0.25) is 0 Å². The summed E-state index contributed by atoms with van der Waals surface area (Å²) in [5.74, 6) is -0.304. The molecule has 0 fully saturated rings. The molecule has 0 amide bonds. The summed E-state index contributed by atoms with van der Waals surface area (Å²) >= 11 is 2.97. The number of carbonyl (C=O) groups excluding carboxylic acids is 1. The van der Waals surface area contributed by atoms with E-state index in [2.05, 4.69) is 4.98 Å². The molecule has 96 valence electrons. The van der Waals surface area contributed by atoms with Crippen LogP contribution in [0.4, 0.5) is 0 Å². The molecule has 0 bridgehead atoms. The van der Waals surface area contributed by atoms with Crippen molar-refractivity contribution < 1.29 is 9.53 Å². The van der Waals surface area contributed by atoms with Gasteiger partial charge in [-0.2, -0.15) is 0 Å². The number of thiophene rings is 1. The van der Waals surface area contributed by atoms with Gasteiger partial charge in [0, 0.05) is 17.8 Å². The molecule has 0 radical (unpaired) electrons. The van der Waals surface area contributed by atoms with E-state index >= 15 is 0 Å². The minimum Gasteiger partial charge on any atom is -0.461 e. The van der Waals surface area contributed by atoms with Crippen molar-refractivity contribution in [1.82, 2.24) is 4.98 Å². The Balaban J connectivity index is 1.89. The van der Waals surface area contributed by atoms with Crippen LogP contribution in [-0.2, 0) is 17.7 Å². The van der Waals surface area contributed by atoms with Gasteiger partial charge in [0.2, 0.25) is 0 Å². The first-order valence-electron chi connectivity index (χ1n) is 5.56. The zero-order valence-electron chi connectivity index (χ0n) is 10.0. The highest BCUT2D eigenvalue weighted by Crippen LogP contribution is 2.19. The highest BCUT2D eigenvalue weighted by Gasteiger charge is 2.15. The van der Waals surface area contributed by atoms with E-state index in [1.807, 2.05) is 17.5 Å². The first-order chi connectivity index (χ1) is 8.70. The van der Waals surface area contributed by atoms with E-state index in [0.717, 1.165) is 11.4 Å². The van der Waals surface area contributed by atoms with Gasteiger partial charge in [-0.1, -0.05) is 6.07 Å². The first-order valence-corrected chi connectivity index (χ1v) is 7.26. The van der Waals surface area contributed by atoms with Gasteiger partial charge in [0.15, 0.2) is 0 Å². The fourth-order valence-corrected chi connectivity index (χ4v) is 3.02. The number of nitrogens with zero attached hydrogens (tertiary/aromatic N) is 1. The Hall–Kier alpha value is -1.24. The molecule has 0 aliphatic rings. The summed E-state index contributed by atoms with van der Waals surface area (Å²) in [6.45, 7) is 2.55. The summed E-state index contributed by atoms with van der Waals surface area (Å²) in [5, 5.41) is 2.77. The zero-order chi connectivity index (χ0) is 13.0. The Morgan fingerprint density at radius 3 is 3.00 bits per heavy atom. The third-order valence-corrected chi connectivity index (χ3v) is 4.46. The van der Waals surface area contributed by atoms with E-state index in [-0.39, 0.29) is 5.97 Å². The standard InChI is InChI=1S/C12H14N2O2S2/c1-8-11(18-10(7-13)14-8)12(15)16-5-4-9-3-2-6-17-9/h2-3,6H,4-5,7,13H2,1H3. The average molecular weight is 282 g/mol. The number of ether oxygens (including phenoxy) is 1. The molecule has 0 aromatic carbocycles. The summed E-state index contributed by atoms with van der Waals surface area (Å²) in [5.41, 5.74) is 6.19. The topological polar surface area (TPSA) is 65.2 Å².